The van der Waals surface area contributed by atoms with Crippen molar-refractivity contribution in [3.05, 3.63) is 5.21 Å². The van der Waals surface area contributed by atoms with E-state index in [0.717, 1.165) is 4.86 Å². The van der Waals surface area contributed by atoms with Crippen LogP contribution in [0.25, 0.3) is 0 Å². The molecule has 0 saturated heterocycles. The van der Waals surface area contributed by atoms with Crippen LogP contribution in [0.4, 0.5) is 0 Å². The van der Waals surface area contributed by atoms with Gasteiger partial charge >= 0.3 is 0 Å². The molecule has 6 aliphatic rings. The SMILES string of the molecule is CC12N=N[C@](C)([C@H]3C1C1N=[N+]([O-])[C@@H]3C3CCC[C@H]13)C2(C)C. The second kappa shape index (κ2) is 3.18. The maximum absolute atomic E-state index is 12.6. The van der Waals surface area contributed by atoms with Crippen LogP contribution in [0.1, 0.15) is 47.0 Å². The average Bonchev–Trinajstić information content (AvgIpc) is 3.01. The van der Waals surface area contributed by atoms with Gasteiger partial charge < -0.3 is 5.21 Å². The molecule has 4 bridgehead atoms. The summed E-state index contributed by atoms with van der Waals surface area (Å²) >= 11 is 0. The fourth-order valence-electron chi connectivity index (χ4n) is 6.79. The number of azo groups is 2. The molecule has 0 amide bonds. The summed E-state index contributed by atoms with van der Waals surface area (Å²) in [5.74, 6) is 1.89. The Morgan fingerprint density at radius 2 is 1.57 bits per heavy atom. The maximum atomic E-state index is 12.6. The summed E-state index contributed by atoms with van der Waals surface area (Å²) in [6.07, 6.45) is 3.71. The van der Waals surface area contributed by atoms with Crippen molar-refractivity contribution in [1.82, 2.24) is 0 Å². The van der Waals surface area contributed by atoms with Crippen LogP contribution >= 0.6 is 0 Å². The van der Waals surface area contributed by atoms with Crippen LogP contribution in [0.15, 0.2) is 15.3 Å². The number of hydrogen-bond donors (Lipinski definition) is 0. The highest BCUT2D eigenvalue weighted by Crippen LogP contribution is 2.73. The van der Waals surface area contributed by atoms with E-state index in [1.165, 1.54) is 19.3 Å². The Morgan fingerprint density at radius 3 is 2.29 bits per heavy atom. The summed E-state index contributed by atoms with van der Waals surface area (Å²) in [5, 5.41) is 26.6. The highest BCUT2D eigenvalue weighted by Gasteiger charge is 2.82. The van der Waals surface area contributed by atoms with E-state index in [4.69, 9.17) is 10.2 Å². The van der Waals surface area contributed by atoms with Crippen LogP contribution in [0.3, 0.4) is 0 Å². The van der Waals surface area contributed by atoms with Gasteiger partial charge in [0.05, 0.1) is 17.0 Å². The molecule has 4 unspecified atom stereocenters. The predicted octanol–water partition coefficient (Wildman–Crippen LogP) is 3.39. The molecule has 3 heterocycles. The third-order valence-corrected chi connectivity index (χ3v) is 8.42. The molecule has 0 aromatic heterocycles. The first kappa shape index (κ1) is 12.5. The van der Waals surface area contributed by atoms with E-state index >= 15 is 0 Å². The topological polar surface area (TPSA) is 63.1 Å². The monoisotopic (exact) mass is 288 g/mol. The van der Waals surface area contributed by atoms with Crippen LogP contribution in [-0.4, -0.2) is 28.0 Å². The van der Waals surface area contributed by atoms with E-state index in [9.17, 15) is 5.21 Å². The van der Waals surface area contributed by atoms with E-state index in [0.29, 0.717) is 23.7 Å². The molecule has 8 atom stereocenters. The lowest BCUT2D eigenvalue weighted by Crippen LogP contribution is -2.63. The van der Waals surface area contributed by atoms with Gasteiger partial charge in [0.25, 0.3) is 0 Å². The summed E-state index contributed by atoms with van der Waals surface area (Å²) in [5.41, 5.74) is -0.361. The van der Waals surface area contributed by atoms with Crippen LogP contribution in [0.2, 0.25) is 0 Å². The lowest BCUT2D eigenvalue weighted by molar-refractivity contribution is -0.617. The summed E-state index contributed by atoms with van der Waals surface area (Å²) in [6.45, 7) is 9.11. The molecule has 5 heteroatoms. The lowest BCUT2D eigenvalue weighted by atomic mass is 9.58. The van der Waals surface area contributed by atoms with Crippen molar-refractivity contribution in [3.63, 3.8) is 0 Å². The summed E-state index contributed by atoms with van der Waals surface area (Å²) in [6, 6.07) is 0.216. The zero-order valence-electron chi connectivity index (χ0n) is 13.3. The van der Waals surface area contributed by atoms with E-state index in [1.54, 1.807) is 0 Å². The van der Waals surface area contributed by atoms with Crippen LogP contribution in [0.5, 0.6) is 0 Å². The van der Waals surface area contributed by atoms with Gasteiger partial charge in [-0.3, -0.25) is 0 Å². The summed E-state index contributed by atoms with van der Waals surface area (Å²) < 4.78 is 0. The van der Waals surface area contributed by atoms with Crippen molar-refractivity contribution in [3.8, 4) is 0 Å². The molecule has 3 saturated carbocycles. The van der Waals surface area contributed by atoms with E-state index in [1.807, 2.05) is 0 Å². The van der Waals surface area contributed by atoms with Crippen molar-refractivity contribution in [1.29, 1.82) is 0 Å². The summed E-state index contributed by atoms with van der Waals surface area (Å²) in [7, 11) is 0. The third kappa shape index (κ3) is 1.00. The smallest absolute Gasteiger partial charge is 0.198 e. The first-order valence-electron chi connectivity index (χ1n) is 8.44. The van der Waals surface area contributed by atoms with Gasteiger partial charge in [0.2, 0.25) is 0 Å². The minimum atomic E-state index is -0.207. The lowest BCUT2D eigenvalue weighted by Gasteiger charge is -2.51. The number of fused-ring (bicyclic) bond motifs is 2. The molecule has 3 fully saturated rings. The van der Waals surface area contributed by atoms with E-state index in [-0.39, 0.29) is 28.6 Å². The fraction of sp³-hybridized carbons (Fsp3) is 1.00. The molecule has 6 rings (SSSR count). The molecule has 0 spiro atoms. The first-order valence-corrected chi connectivity index (χ1v) is 8.44. The zero-order valence-corrected chi connectivity index (χ0v) is 13.3. The van der Waals surface area contributed by atoms with Gasteiger partial charge in [0.15, 0.2) is 6.04 Å². The van der Waals surface area contributed by atoms with Gasteiger partial charge in [-0.1, -0.05) is 25.1 Å². The molecular formula is C16H24N4O. The molecule has 0 aromatic carbocycles. The third-order valence-electron chi connectivity index (χ3n) is 8.42. The second-order valence-corrected chi connectivity index (χ2v) is 8.83. The van der Waals surface area contributed by atoms with Crippen LogP contribution < -0.4 is 0 Å². The Labute approximate surface area is 125 Å². The molecule has 21 heavy (non-hydrogen) atoms. The highest BCUT2D eigenvalue weighted by atomic mass is 16.5. The Morgan fingerprint density at radius 1 is 0.952 bits per heavy atom. The van der Waals surface area contributed by atoms with Gasteiger partial charge in [-0.15, -0.1) is 0 Å². The van der Waals surface area contributed by atoms with Gasteiger partial charge in [0.1, 0.15) is 6.04 Å². The number of nitrogens with zero attached hydrogens (tertiary/aromatic N) is 4. The highest BCUT2D eigenvalue weighted by molar-refractivity contribution is 5.32. The molecular weight excluding hydrogens is 264 g/mol. The van der Waals surface area contributed by atoms with Crippen molar-refractivity contribution < 1.29 is 4.86 Å². The second-order valence-electron chi connectivity index (χ2n) is 8.83. The van der Waals surface area contributed by atoms with Gasteiger partial charge in [-0.25, -0.2) is 0 Å². The normalized spacial score (nSPS) is 61.8. The van der Waals surface area contributed by atoms with E-state index < -0.39 is 0 Å². The molecule has 5 nitrogen and oxygen atoms in total. The van der Waals surface area contributed by atoms with Gasteiger partial charge in [-0.2, -0.15) is 10.2 Å². The van der Waals surface area contributed by atoms with Crippen molar-refractivity contribution in [2.24, 2.45) is 44.4 Å². The van der Waals surface area contributed by atoms with Gasteiger partial charge in [0, 0.05) is 17.3 Å². The standard InChI is InChI=1S/C16H24N4O/c1-14(2)15(3)10-11(16(14,4)19-18-15)13-9-7-5-6-8(9)12(10)17-20(13)21/h8-13H,5-7H2,1-4H3/t8-,9?,10?,11-,12?,13+,15?,16+/m0/s1. The quantitative estimate of drug-likeness (QED) is 0.498. The number of rotatable bonds is 0. The van der Waals surface area contributed by atoms with E-state index in [2.05, 4.69) is 32.8 Å². The molecule has 0 radical (unpaired) electrons. The average molecular weight is 288 g/mol. The zero-order chi connectivity index (χ0) is 14.8. The maximum Gasteiger partial charge on any atom is 0.198 e. The van der Waals surface area contributed by atoms with Crippen molar-refractivity contribution in [2.45, 2.75) is 70.1 Å². The van der Waals surface area contributed by atoms with Gasteiger partial charge in [-0.05, 0) is 37.7 Å². The van der Waals surface area contributed by atoms with Crippen molar-refractivity contribution in [2.75, 3.05) is 0 Å². The first-order chi connectivity index (χ1) is 9.83. The predicted molar refractivity (Wildman–Crippen MR) is 76.9 cm³/mol. The summed E-state index contributed by atoms with van der Waals surface area (Å²) in [4.78, 5) is 1.08. The Bertz CT molecular complexity index is 599. The fourth-order valence-corrected chi connectivity index (χ4v) is 6.79. The molecule has 0 aromatic rings. The largest absolute Gasteiger partial charge is 0.600 e. The molecule has 114 valence electrons. The minimum Gasteiger partial charge on any atom is -0.600 e. The van der Waals surface area contributed by atoms with Crippen molar-refractivity contribution >= 4 is 0 Å². The Hall–Kier alpha value is -1.00. The minimum absolute atomic E-state index is 0.00513. The Balaban J connectivity index is 1.75. The van der Waals surface area contributed by atoms with Crippen LogP contribution in [-0.2, 0) is 0 Å². The Kier molecular flexibility index (Phi) is 1.90. The molecule has 0 N–H and O–H groups in total. The number of hydrogen-bond acceptors (Lipinski definition) is 4. The van der Waals surface area contributed by atoms with Crippen LogP contribution in [0, 0.1) is 34.3 Å². The molecule has 3 aliphatic heterocycles. The number of hydroxylamine groups is 1. The molecule has 3 aliphatic carbocycles.